The second-order valence-corrected chi connectivity index (χ2v) is 9.29. The van der Waals surface area contributed by atoms with Crippen molar-refractivity contribution in [3.05, 3.63) is 108 Å². The number of aromatic nitrogens is 1. The molecule has 0 atom stereocenters. The molecule has 172 valence electrons. The Morgan fingerprint density at radius 3 is 2.44 bits per heavy atom. The van der Waals surface area contributed by atoms with Crippen molar-refractivity contribution < 1.29 is 18.3 Å². The SMILES string of the molecule is Nc1ccccc1NC(=O)/C=C/c1ccn(S(=O)(=O)c2c(CO)cccc2-c2ccccc2)c1. The third-order valence-corrected chi connectivity index (χ3v) is 7.00. The van der Waals surface area contributed by atoms with E-state index in [4.69, 9.17) is 5.73 Å². The number of hydrogen-bond donors (Lipinski definition) is 3. The molecular formula is C26H23N3O4S. The number of para-hydroxylation sites is 2. The number of amides is 1. The van der Waals surface area contributed by atoms with Crippen molar-refractivity contribution in [2.24, 2.45) is 0 Å². The second kappa shape index (κ2) is 9.78. The van der Waals surface area contributed by atoms with Gasteiger partial charge in [0.05, 0.1) is 18.0 Å². The van der Waals surface area contributed by atoms with E-state index in [-0.39, 0.29) is 4.90 Å². The Kier molecular flexibility index (Phi) is 6.62. The third-order valence-electron chi connectivity index (χ3n) is 5.22. The summed E-state index contributed by atoms with van der Waals surface area (Å²) < 4.78 is 28.2. The fraction of sp³-hybridized carbons (Fsp3) is 0.0385. The van der Waals surface area contributed by atoms with Crippen LogP contribution in [0.25, 0.3) is 17.2 Å². The van der Waals surface area contributed by atoms with Crippen molar-refractivity contribution in [2.75, 3.05) is 11.1 Å². The van der Waals surface area contributed by atoms with Crippen LogP contribution < -0.4 is 11.1 Å². The van der Waals surface area contributed by atoms with Gasteiger partial charge in [-0.15, -0.1) is 0 Å². The summed E-state index contributed by atoms with van der Waals surface area (Å²) in [5.74, 6) is -0.398. The van der Waals surface area contributed by atoms with Gasteiger partial charge in [-0.2, -0.15) is 0 Å². The zero-order valence-electron chi connectivity index (χ0n) is 18.1. The van der Waals surface area contributed by atoms with Crippen LogP contribution >= 0.6 is 0 Å². The fourth-order valence-electron chi connectivity index (χ4n) is 3.56. The summed E-state index contributed by atoms with van der Waals surface area (Å²) in [7, 11) is -4.03. The van der Waals surface area contributed by atoms with Crippen LogP contribution in [0.1, 0.15) is 11.1 Å². The highest BCUT2D eigenvalue weighted by Gasteiger charge is 2.25. The van der Waals surface area contributed by atoms with Crippen LogP contribution in [0.4, 0.5) is 11.4 Å². The lowest BCUT2D eigenvalue weighted by Crippen LogP contribution is -2.15. The van der Waals surface area contributed by atoms with E-state index in [0.29, 0.717) is 28.1 Å². The van der Waals surface area contributed by atoms with Gasteiger partial charge in [0.2, 0.25) is 5.91 Å². The summed E-state index contributed by atoms with van der Waals surface area (Å²) in [5.41, 5.74) is 8.80. The van der Waals surface area contributed by atoms with Gasteiger partial charge in [0, 0.05) is 24.0 Å². The van der Waals surface area contributed by atoms with Gasteiger partial charge in [-0.25, -0.2) is 12.4 Å². The molecule has 0 bridgehead atoms. The van der Waals surface area contributed by atoms with Gasteiger partial charge in [-0.3, -0.25) is 4.79 Å². The first-order valence-corrected chi connectivity index (χ1v) is 11.9. The smallest absolute Gasteiger partial charge is 0.268 e. The van der Waals surface area contributed by atoms with E-state index in [1.54, 1.807) is 48.5 Å². The molecule has 0 unspecified atom stereocenters. The number of rotatable bonds is 7. The minimum absolute atomic E-state index is 0.0344. The number of nitrogens with one attached hydrogen (secondary N) is 1. The molecule has 3 aromatic carbocycles. The quantitative estimate of drug-likeness (QED) is 0.276. The second-order valence-electron chi connectivity index (χ2n) is 7.51. The average Bonchev–Trinajstić information content (AvgIpc) is 3.34. The first kappa shape index (κ1) is 23.0. The van der Waals surface area contributed by atoms with E-state index >= 15 is 0 Å². The van der Waals surface area contributed by atoms with Crippen molar-refractivity contribution in [3.8, 4) is 11.1 Å². The van der Waals surface area contributed by atoms with Crippen LogP contribution in [0.5, 0.6) is 0 Å². The van der Waals surface area contributed by atoms with Gasteiger partial charge in [0.25, 0.3) is 10.0 Å². The molecule has 0 saturated heterocycles. The molecule has 0 aliphatic rings. The largest absolute Gasteiger partial charge is 0.397 e. The average molecular weight is 474 g/mol. The third kappa shape index (κ3) is 4.78. The van der Waals surface area contributed by atoms with Crippen molar-refractivity contribution in [1.29, 1.82) is 0 Å². The molecule has 0 fully saturated rings. The summed E-state index contributed by atoms with van der Waals surface area (Å²) in [6.07, 6.45) is 5.64. The molecule has 8 heteroatoms. The number of carbonyl (C=O) groups excluding carboxylic acids is 1. The Bertz CT molecular complexity index is 1460. The highest BCUT2D eigenvalue weighted by Crippen LogP contribution is 2.32. The number of hydrogen-bond acceptors (Lipinski definition) is 5. The van der Waals surface area contributed by atoms with E-state index in [1.807, 2.05) is 30.3 Å². The molecule has 1 heterocycles. The molecule has 7 nitrogen and oxygen atoms in total. The molecule has 4 aromatic rings. The van der Waals surface area contributed by atoms with Gasteiger partial charge in [0.1, 0.15) is 4.90 Å². The molecule has 1 amide bonds. The molecule has 0 aliphatic carbocycles. The monoisotopic (exact) mass is 473 g/mol. The predicted octanol–water partition coefficient (Wildman–Crippen LogP) is 4.12. The minimum atomic E-state index is -4.03. The fourth-order valence-corrected chi connectivity index (χ4v) is 5.18. The Labute approximate surface area is 197 Å². The van der Waals surface area contributed by atoms with Gasteiger partial charge >= 0.3 is 0 Å². The first-order chi connectivity index (χ1) is 16.4. The number of nitrogens with two attached hydrogens (primary N) is 1. The Morgan fingerprint density at radius 2 is 1.71 bits per heavy atom. The van der Waals surface area contributed by atoms with Crippen LogP contribution in [0.3, 0.4) is 0 Å². The summed E-state index contributed by atoms with van der Waals surface area (Å²) in [6.45, 7) is -0.425. The van der Waals surface area contributed by atoms with E-state index in [0.717, 1.165) is 9.54 Å². The lowest BCUT2D eigenvalue weighted by Gasteiger charge is -2.15. The zero-order chi connectivity index (χ0) is 24.1. The van der Waals surface area contributed by atoms with Crippen LogP contribution in [-0.4, -0.2) is 23.4 Å². The van der Waals surface area contributed by atoms with Crippen LogP contribution in [0.15, 0.2) is 102 Å². The van der Waals surface area contributed by atoms with E-state index in [9.17, 15) is 18.3 Å². The molecular weight excluding hydrogens is 450 g/mol. The number of anilines is 2. The van der Waals surface area contributed by atoms with Crippen LogP contribution in [0.2, 0.25) is 0 Å². The van der Waals surface area contributed by atoms with Crippen molar-refractivity contribution in [3.63, 3.8) is 0 Å². The van der Waals surface area contributed by atoms with E-state index < -0.39 is 22.5 Å². The summed E-state index contributed by atoms with van der Waals surface area (Å²) in [6, 6.07) is 22.6. The molecule has 0 radical (unpaired) electrons. The molecule has 0 spiro atoms. The van der Waals surface area contributed by atoms with Crippen molar-refractivity contribution in [2.45, 2.75) is 11.5 Å². The summed E-state index contributed by atoms with van der Waals surface area (Å²) in [4.78, 5) is 12.3. The van der Waals surface area contributed by atoms with Crippen molar-refractivity contribution in [1.82, 2.24) is 3.97 Å². The topological polar surface area (TPSA) is 114 Å². The maximum absolute atomic E-state index is 13.6. The highest BCUT2D eigenvalue weighted by molar-refractivity contribution is 7.90. The summed E-state index contributed by atoms with van der Waals surface area (Å²) in [5, 5.41) is 12.5. The lowest BCUT2D eigenvalue weighted by atomic mass is 10.0. The maximum Gasteiger partial charge on any atom is 0.268 e. The number of benzene rings is 3. The van der Waals surface area contributed by atoms with E-state index in [1.165, 1.54) is 24.5 Å². The van der Waals surface area contributed by atoms with Crippen LogP contribution in [-0.2, 0) is 21.4 Å². The molecule has 0 saturated carbocycles. The molecule has 0 aliphatic heterocycles. The Morgan fingerprint density at radius 1 is 0.971 bits per heavy atom. The Hall–Kier alpha value is -4.14. The Balaban J connectivity index is 1.63. The van der Waals surface area contributed by atoms with Gasteiger partial charge in [-0.1, -0.05) is 60.7 Å². The number of aliphatic hydroxyl groups excluding tert-OH is 1. The maximum atomic E-state index is 13.6. The van der Waals surface area contributed by atoms with Gasteiger partial charge in [0.15, 0.2) is 0 Å². The standard InChI is InChI=1S/C26H23N3O4S/c27-23-11-4-5-12-24(23)28-25(31)14-13-19-15-16-29(17-19)34(32,33)26-21(18-30)9-6-10-22(26)20-7-2-1-3-8-20/h1-17,30H,18,27H2,(H,28,31)/b14-13+. The van der Waals surface area contributed by atoms with Gasteiger partial charge in [-0.05, 0) is 41.0 Å². The number of nitrogen functional groups attached to an aromatic ring is 1. The normalized spacial score (nSPS) is 11.6. The molecule has 1 aromatic heterocycles. The lowest BCUT2D eigenvalue weighted by molar-refractivity contribution is -0.111. The predicted molar refractivity (Wildman–Crippen MR) is 133 cm³/mol. The van der Waals surface area contributed by atoms with Gasteiger partial charge < -0.3 is 16.2 Å². The van der Waals surface area contributed by atoms with Crippen LogP contribution in [0, 0.1) is 0 Å². The van der Waals surface area contributed by atoms with E-state index in [2.05, 4.69) is 5.32 Å². The minimum Gasteiger partial charge on any atom is -0.397 e. The molecule has 4 rings (SSSR count). The molecule has 34 heavy (non-hydrogen) atoms. The summed E-state index contributed by atoms with van der Waals surface area (Å²) >= 11 is 0. The molecule has 4 N–H and O–H groups in total. The number of carbonyl (C=O) groups is 1. The number of nitrogens with zero attached hydrogens (tertiary/aromatic N) is 1. The first-order valence-electron chi connectivity index (χ1n) is 10.5. The zero-order valence-corrected chi connectivity index (χ0v) is 18.9. The number of aliphatic hydroxyl groups is 1. The highest BCUT2D eigenvalue weighted by atomic mass is 32.2. The van der Waals surface area contributed by atoms with Crippen molar-refractivity contribution >= 4 is 33.4 Å².